The van der Waals surface area contributed by atoms with E-state index in [4.69, 9.17) is 9.97 Å². The lowest BCUT2D eigenvalue weighted by molar-refractivity contribution is 1.18. The molecular formula is C34H22N2. The van der Waals surface area contributed by atoms with Gasteiger partial charge in [0.05, 0.1) is 5.69 Å². The van der Waals surface area contributed by atoms with Crippen molar-refractivity contribution in [2.75, 3.05) is 0 Å². The summed E-state index contributed by atoms with van der Waals surface area (Å²) in [6.07, 6.45) is 1.96. The first-order valence-electron chi connectivity index (χ1n) is 12.2. The van der Waals surface area contributed by atoms with E-state index in [1.807, 2.05) is 18.3 Å². The summed E-state index contributed by atoms with van der Waals surface area (Å²) >= 11 is 0. The van der Waals surface area contributed by atoms with Crippen LogP contribution in [0.3, 0.4) is 0 Å². The lowest BCUT2D eigenvalue weighted by atomic mass is 9.93. The minimum atomic E-state index is 0.729. The molecule has 0 atom stereocenters. The summed E-state index contributed by atoms with van der Waals surface area (Å²) in [5, 5.41) is 7.53. The fourth-order valence-electron chi connectivity index (χ4n) is 5.21. The van der Waals surface area contributed by atoms with E-state index in [9.17, 15) is 0 Å². The van der Waals surface area contributed by atoms with Crippen molar-refractivity contribution in [1.29, 1.82) is 0 Å². The Balaban J connectivity index is 1.48. The second-order valence-electron chi connectivity index (χ2n) is 9.04. The van der Waals surface area contributed by atoms with Gasteiger partial charge in [0, 0.05) is 22.9 Å². The normalized spacial score (nSPS) is 11.3. The first-order chi connectivity index (χ1) is 17.9. The van der Waals surface area contributed by atoms with Gasteiger partial charge in [0.25, 0.3) is 0 Å². The number of hydrogen-bond donors (Lipinski definition) is 0. The van der Waals surface area contributed by atoms with Gasteiger partial charge in [0.1, 0.15) is 0 Å². The summed E-state index contributed by atoms with van der Waals surface area (Å²) < 4.78 is 0. The van der Waals surface area contributed by atoms with Gasteiger partial charge in [-0.15, -0.1) is 0 Å². The second-order valence-corrected chi connectivity index (χ2v) is 9.04. The molecule has 2 nitrogen and oxygen atoms in total. The van der Waals surface area contributed by atoms with Gasteiger partial charge in [-0.2, -0.15) is 0 Å². The lowest BCUT2D eigenvalue weighted by Crippen LogP contribution is -1.96. The maximum atomic E-state index is 5.13. The molecule has 0 aliphatic rings. The Morgan fingerprint density at radius 3 is 1.50 bits per heavy atom. The molecule has 0 N–H and O–H groups in total. The van der Waals surface area contributed by atoms with Crippen LogP contribution < -0.4 is 0 Å². The van der Waals surface area contributed by atoms with Crippen LogP contribution in [-0.4, -0.2) is 9.97 Å². The Morgan fingerprint density at radius 1 is 0.389 bits per heavy atom. The monoisotopic (exact) mass is 458 g/mol. The van der Waals surface area contributed by atoms with Crippen LogP contribution in [0.5, 0.6) is 0 Å². The van der Waals surface area contributed by atoms with E-state index in [-0.39, 0.29) is 0 Å². The minimum absolute atomic E-state index is 0.729. The van der Waals surface area contributed by atoms with Gasteiger partial charge in [0.2, 0.25) is 0 Å². The lowest BCUT2D eigenvalue weighted by Gasteiger charge is -2.13. The molecule has 7 rings (SSSR count). The third-order valence-electron chi connectivity index (χ3n) is 6.92. The minimum Gasteiger partial charge on any atom is -0.236 e. The van der Waals surface area contributed by atoms with Gasteiger partial charge in [-0.25, -0.2) is 9.97 Å². The fraction of sp³-hybridized carbons (Fsp3) is 0. The van der Waals surface area contributed by atoms with E-state index in [2.05, 4.69) is 115 Å². The van der Waals surface area contributed by atoms with Crippen LogP contribution >= 0.6 is 0 Å². The Hall–Kier alpha value is -4.82. The van der Waals surface area contributed by atoms with Crippen molar-refractivity contribution in [2.24, 2.45) is 0 Å². The van der Waals surface area contributed by atoms with Crippen LogP contribution in [0.2, 0.25) is 0 Å². The van der Waals surface area contributed by atoms with Gasteiger partial charge < -0.3 is 0 Å². The molecule has 6 aromatic carbocycles. The van der Waals surface area contributed by atoms with Crippen molar-refractivity contribution in [3.8, 4) is 33.8 Å². The Bertz CT molecular complexity index is 1840. The predicted octanol–water partition coefficient (Wildman–Crippen LogP) is 8.94. The smallest absolute Gasteiger partial charge is 0.159 e. The SMILES string of the molecule is c1ccc(-c2cnc(-c3ccc4c5ccccc5c5ccccc5c4c3)nc2-c2ccccc2)cc1. The zero-order valence-corrected chi connectivity index (χ0v) is 19.6. The van der Waals surface area contributed by atoms with Gasteiger partial charge in [-0.3, -0.25) is 0 Å². The summed E-state index contributed by atoms with van der Waals surface area (Å²) in [7, 11) is 0. The van der Waals surface area contributed by atoms with Gasteiger partial charge in [-0.1, -0.05) is 121 Å². The number of aromatic nitrogens is 2. The molecule has 0 amide bonds. The maximum Gasteiger partial charge on any atom is 0.159 e. The molecule has 0 saturated heterocycles. The molecule has 168 valence electrons. The number of fused-ring (bicyclic) bond motifs is 6. The van der Waals surface area contributed by atoms with Crippen LogP contribution in [0.1, 0.15) is 0 Å². The molecule has 36 heavy (non-hydrogen) atoms. The summed E-state index contributed by atoms with van der Waals surface area (Å²) in [6.45, 7) is 0. The predicted molar refractivity (Wildman–Crippen MR) is 151 cm³/mol. The first-order valence-corrected chi connectivity index (χ1v) is 12.2. The van der Waals surface area contributed by atoms with Crippen LogP contribution in [-0.2, 0) is 0 Å². The number of benzene rings is 6. The van der Waals surface area contributed by atoms with Crippen LogP contribution in [0.25, 0.3) is 66.1 Å². The average molecular weight is 459 g/mol. The largest absolute Gasteiger partial charge is 0.236 e. The fourth-order valence-corrected chi connectivity index (χ4v) is 5.21. The Morgan fingerprint density at radius 2 is 0.889 bits per heavy atom. The molecule has 1 aromatic heterocycles. The molecule has 0 radical (unpaired) electrons. The molecule has 2 heteroatoms. The highest BCUT2D eigenvalue weighted by Gasteiger charge is 2.14. The van der Waals surface area contributed by atoms with Gasteiger partial charge in [0.15, 0.2) is 5.82 Å². The molecule has 0 aliphatic heterocycles. The summed E-state index contributed by atoms with van der Waals surface area (Å²) in [5.74, 6) is 0.729. The number of rotatable bonds is 3. The third-order valence-corrected chi connectivity index (χ3v) is 6.92. The zero-order chi connectivity index (χ0) is 23.9. The molecule has 7 aromatic rings. The Labute approximate surface area is 209 Å². The highest BCUT2D eigenvalue weighted by atomic mass is 14.9. The van der Waals surface area contributed by atoms with Crippen molar-refractivity contribution < 1.29 is 0 Å². The van der Waals surface area contributed by atoms with Crippen LogP contribution in [0, 0.1) is 0 Å². The van der Waals surface area contributed by atoms with Crippen molar-refractivity contribution in [1.82, 2.24) is 9.97 Å². The van der Waals surface area contributed by atoms with Gasteiger partial charge >= 0.3 is 0 Å². The van der Waals surface area contributed by atoms with E-state index in [0.29, 0.717) is 0 Å². The zero-order valence-electron chi connectivity index (χ0n) is 19.6. The average Bonchev–Trinajstić information content (AvgIpc) is 2.98. The molecular weight excluding hydrogens is 436 g/mol. The molecule has 0 bridgehead atoms. The number of nitrogens with zero attached hydrogens (tertiary/aromatic N) is 2. The molecule has 0 aliphatic carbocycles. The molecule has 0 fully saturated rings. The summed E-state index contributed by atoms with van der Waals surface area (Å²) in [4.78, 5) is 9.98. The molecule has 1 heterocycles. The first kappa shape index (κ1) is 20.5. The third kappa shape index (κ3) is 3.35. The second kappa shape index (κ2) is 8.44. The summed E-state index contributed by atoms with van der Waals surface area (Å²) in [6, 6.07) is 44.6. The highest BCUT2D eigenvalue weighted by Crippen LogP contribution is 2.37. The van der Waals surface area contributed by atoms with Crippen molar-refractivity contribution in [3.05, 3.63) is 134 Å². The van der Waals surface area contributed by atoms with E-state index in [0.717, 1.165) is 33.8 Å². The quantitative estimate of drug-likeness (QED) is 0.247. The molecule has 0 unspecified atom stereocenters. The van der Waals surface area contributed by atoms with Crippen molar-refractivity contribution in [2.45, 2.75) is 0 Å². The standard InChI is InChI=1S/C34H22N2/c1-3-11-23(12-4-1)32-22-35-34(36-33(32)24-13-5-2-6-14-24)25-19-20-30-28-17-8-7-15-26(28)27-16-9-10-18-29(27)31(30)21-25/h1-22H. The van der Waals surface area contributed by atoms with E-state index in [1.54, 1.807) is 0 Å². The topological polar surface area (TPSA) is 25.8 Å². The van der Waals surface area contributed by atoms with Crippen LogP contribution in [0.15, 0.2) is 134 Å². The summed E-state index contributed by atoms with van der Waals surface area (Å²) in [5.41, 5.74) is 5.17. The van der Waals surface area contributed by atoms with Crippen molar-refractivity contribution >= 4 is 32.3 Å². The maximum absolute atomic E-state index is 5.13. The van der Waals surface area contributed by atoms with Crippen LogP contribution in [0.4, 0.5) is 0 Å². The molecule has 0 spiro atoms. The van der Waals surface area contributed by atoms with E-state index >= 15 is 0 Å². The number of hydrogen-bond acceptors (Lipinski definition) is 2. The highest BCUT2D eigenvalue weighted by molar-refractivity contribution is 6.25. The molecule has 0 saturated carbocycles. The Kier molecular flexibility index (Phi) is 4.82. The van der Waals surface area contributed by atoms with E-state index in [1.165, 1.54) is 32.3 Å². The van der Waals surface area contributed by atoms with E-state index < -0.39 is 0 Å². The van der Waals surface area contributed by atoms with Crippen molar-refractivity contribution in [3.63, 3.8) is 0 Å². The van der Waals surface area contributed by atoms with Gasteiger partial charge in [-0.05, 0) is 43.9 Å².